The highest BCUT2D eigenvalue weighted by Crippen LogP contribution is 2.20. The number of hydrazine groups is 1. The van der Waals surface area contributed by atoms with E-state index < -0.39 is 0 Å². The van der Waals surface area contributed by atoms with Crippen LogP contribution in [0.25, 0.3) is 0 Å². The van der Waals surface area contributed by atoms with Crippen LogP contribution in [-0.2, 0) is 0 Å². The van der Waals surface area contributed by atoms with Crippen LogP contribution in [0.1, 0.15) is 34.1 Å². The molecule has 0 aliphatic heterocycles. The first-order valence-electron chi connectivity index (χ1n) is 7.14. The third-order valence-corrected chi connectivity index (χ3v) is 2.68. The molecule has 0 aromatic heterocycles. The van der Waals surface area contributed by atoms with Crippen LogP contribution in [0, 0.1) is 5.41 Å². The molecule has 0 unspecified atom stereocenters. The number of hydrogen-bond donors (Lipinski definition) is 2. The van der Waals surface area contributed by atoms with Crippen molar-refractivity contribution in [1.29, 1.82) is 0 Å². The van der Waals surface area contributed by atoms with Gasteiger partial charge in [-0.25, -0.2) is 0 Å². The molecule has 0 fully saturated rings. The Bertz CT molecular complexity index is 471. The van der Waals surface area contributed by atoms with E-state index in [1.165, 1.54) is 16.7 Å². The van der Waals surface area contributed by atoms with E-state index in [0.29, 0.717) is 5.70 Å². The first kappa shape index (κ1) is 20.3. The first-order valence-corrected chi connectivity index (χ1v) is 7.61. The van der Waals surface area contributed by atoms with E-state index >= 15 is 0 Å². The number of hydrogen-bond acceptors (Lipinski definition) is 5. The van der Waals surface area contributed by atoms with Crippen molar-refractivity contribution in [3.05, 3.63) is 48.4 Å². The van der Waals surface area contributed by atoms with Gasteiger partial charge in [0, 0.05) is 17.8 Å². The van der Waals surface area contributed by atoms with E-state index in [2.05, 4.69) is 44.0 Å². The van der Waals surface area contributed by atoms with E-state index in [1.54, 1.807) is 18.4 Å². The van der Waals surface area contributed by atoms with Gasteiger partial charge in [0.15, 0.2) is 0 Å². The average molecular weight is 321 g/mol. The van der Waals surface area contributed by atoms with Crippen LogP contribution in [0.2, 0.25) is 0 Å². The van der Waals surface area contributed by atoms with Crippen molar-refractivity contribution in [2.75, 3.05) is 6.61 Å². The SMILES string of the molecule is C=C/C=N/N(N/C=C/C=S)/C(=C/C(C)=C\CC(C)(C)C)CO. The minimum absolute atomic E-state index is 0.145. The van der Waals surface area contributed by atoms with Crippen molar-refractivity contribution in [3.63, 3.8) is 0 Å². The van der Waals surface area contributed by atoms with Gasteiger partial charge in [0.1, 0.15) is 0 Å². The predicted octanol–water partition coefficient (Wildman–Crippen LogP) is 3.74. The molecule has 0 bridgehead atoms. The van der Waals surface area contributed by atoms with Crippen LogP contribution < -0.4 is 5.43 Å². The number of hydrazone groups is 1. The molecule has 22 heavy (non-hydrogen) atoms. The van der Waals surface area contributed by atoms with Crippen molar-refractivity contribution in [3.8, 4) is 0 Å². The largest absolute Gasteiger partial charge is 0.390 e. The summed E-state index contributed by atoms with van der Waals surface area (Å²) < 4.78 is 0. The fraction of sp³-hybridized carbons (Fsp3) is 0.412. The van der Waals surface area contributed by atoms with E-state index in [-0.39, 0.29) is 12.0 Å². The third kappa shape index (κ3) is 10.1. The lowest BCUT2D eigenvalue weighted by Gasteiger charge is -2.20. The molecule has 0 radical (unpaired) electrons. The Kier molecular flexibility index (Phi) is 10.1. The Morgan fingerprint density at radius 1 is 1.41 bits per heavy atom. The first-order chi connectivity index (χ1) is 10.3. The maximum atomic E-state index is 9.60. The molecule has 4 nitrogen and oxygen atoms in total. The maximum Gasteiger partial charge on any atom is 0.0870 e. The summed E-state index contributed by atoms with van der Waals surface area (Å²) in [7, 11) is 0. The molecule has 0 atom stereocenters. The molecule has 0 aliphatic carbocycles. The molecule has 0 amide bonds. The van der Waals surface area contributed by atoms with Gasteiger partial charge >= 0.3 is 0 Å². The smallest absolute Gasteiger partial charge is 0.0870 e. The van der Waals surface area contributed by atoms with E-state index in [4.69, 9.17) is 12.2 Å². The second kappa shape index (κ2) is 10.9. The fourth-order valence-electron chi connectivity index (χ4n) is 1.42. The predicted molar refractivity (Wildman–Crippen MR) is 99.5 cm³/mol. The summed E-state index contributed by atoms with van der Waals surface area (Å²) in [6.45, 7) is 12.0. The van der Waals surface area contributed by atoms with Gasteiger partial charge in [-0.15, -0.1) is 0 Å². The highest BCUT2D eigenvalue weighted by Gasteiger charge is 2.08. The molecule has 122 valence electrons. The van der Waals surface area contributed by atoms with Crippen LogP contribution >= 0.6 is 12.2 Å². The van der Waals surface area contributed by atoms with Crippen LogP contribution in [0.3, 0.4) is 0 Å². The summed E-state index contributed by atoms with van der Waals surface area (Å²) in [6, 6.07) is 0. The van der Waals surface area contributed by atoms with E-state index in [9.17, 15) is 5.11 Å². The van der Waals surface area contributed by atoms with Crippen molar-refractivity contribution in [2.24, 2.45) is 10.5 Å². The Labute approximate surface area is 139 Å². The standard InChI is InChI=1S/C17H27N3OS/c1-6-10-18-20(19-11-7-12-22)16(14-21)13-15(2)8-9-17(3,4)5/h6-8,10-13,19,21H,1,9,14H2,2-5H3/b11-7+,15-8-,16-13+,18-10+. The quantitative estimate of drug-likeness (QED) is 0.223. The third-order valence-electron chi connectivity index (χ3n) is 2.52. The summed E-state index contributed by atoms with van der Waals surface area (Å²) in [5, 5.41) is 16.7. The van der Waals surface area contributed by atoms with Gasteiger partial charge in [-0.2, -0.15) is 10.2 Å². The molecule has 0 heterocycles. The number of nitrogens with zero attached hydrogens (tertiary/aromatic N) is 2. The summed E-state index contributed by atoms with van der Waals surface area (Å²) in [6.07, 6.45) is 11.4. The van der Waals surface area contributed by atoms with Gasteiger partial charge in [0.05, 0.1) is 12.3 Å². The molecular weight excluding hydrogens is 294 g/mol. The summed E-state index contributed by atoms with van der Waals surface area (Å²) in [5.74, 6) is 0. The number of nitrogens with one attached hydrogen (secondary N) is 1. The molecule has 2 N–H and O–H groups in total. The van der Waals surface area contributed by atoms with Gasteiger partial charge in [-0.05, 0) is 37.0 Å². The zero-order chi connectivity index (χ0) is 17.0. The van der Waals surface area contributed by atoms with E-state index in [1.807, 2.05) is 13.0 Å². The molecule has 0 rings (SSSR count). The highest BCUT2D eigenvalue weighted by molar-refractivity contribution is 7.79. The highest BCUT2D eigenvalue weighted by atomic mass is 32.1. The Morgan fingerprint density at radius 3 is 2.59 bits per heavy atom. The fourth-order valence-corrected chi connectivity index (χ4v) is 1.50. The van der Waals surface area contributed by atoms with Crippen LogP contribution in [0.4, 0.5) is 0 Å². The number of rotatable bonds is 9. The van der Waals surface area contributed by atoms with Crippen molar-refractivity contribution in [2.45, 2.75) is 34.1 Å². The van der Waals surface area contributed by atoms with Gasteiger partial charge in [-0.3, -0.25) is 5.43 Å². The minimum atomic E-state index is -0.145. The average Bonchev–Trinajstić information content (AvgIpc) is 2.46. The van der Waals surface area contributed by atoms with Gasteiger partial charge < -0.3 is 5.11 Å². The molecule has 0 aromatic rings. The van der Waals surface area contributed by atoms with Crippen molar-refractivity contribution >= 4 is 23.8 Å². The lowest BCUT2D eigenvalue weighted by atomic mass is 9.91. The van der Waals surface area contributed by atoms with Crippen LogP contribution in [0.15, 0.2) is 53.5 Å². The Hall–Kier alpha value is -1.72. The van der Waals surface area contributed by atoms with Crippen molar-refractivity contribution < 1.29 is 5.11 Å². The van der Waals surface area contributed by atoms with Crippen molar-refractivity contribution in [1.82, 2.24) is 10.5 Å². The lowest BCUT2D eigenvalue weighted by Crippen LogP contribution is -2.30. The van der Waals surface area contributed by atoms with Gasteiger partial charge in [-0.1, -0.05) is 51.2 Å². The molecule has 0 saturated carbocycles. The number of allylic oxidation sites excluding steroid dienone is 5. The summed E-state index contributed by atoms with van der Waals surface area (Å²) in [5.41, 5.74) is 4.86. The molecule has 0 aromatic carbocycles. The number of aliphatic hydroxyl groups excluding tert-OH is 1. The Balaban J connectivity index is 5.21. The zero-order valence-electron chi connectivity index (χ0n) is 13.9. The van der Waals surface area contributed by atoms with E-state index in [0.717, 1.165) is 12.0 Å². The second-order valence-corrected chi connectivity index (χ2v) is 6.22. The number of thiocarbonyl (C=S) groups is 1. The zero-order valence-corrected chi connectivity index (χ0v) is 14.7. The summed E-state index contributed by atoms with van der Waals surface area (Å²) in [4.78, 5) is 0. The monoisotopic (exact) mass is 321 g/mol. The summed E-state index contributed by atoms with van der Waals surface area (Å²) >= 11 is 4.73. The molecule has 0 saturated heterocycles. The lowest BCUT2D eigenvalue weighted by molar-refractivity contribution is 0.228. The second-order valence-electron chi connectivity index (χ2n) is 5.94. The van der Waals surface area contributed by atoms with Crippen LogP contribution in [-0.4, -0.2) is 28.4 Å². The molecule has 0 aliphatic rings. The topological polar surface area (TPSA) is 47.9 Å². The molecule has 0 spiro atoms. The minimum Gasteiger partial charge on any atom is -0.390 e. The molecule has 5 heteroatoms. The van der Waals surface area contributed by atoms with Gasteiger partial charge in [0.2, 0.25) is 0 Å². The van der Waals surface area contributed by atoms with Gasteiger partial charge in [0.25, 0.3) is 0 Å². The number of aliphatic hydroxyl groups is 1. The maximum absolute atomic E-state index is 9.60. The Morgan fingerprint density at radius 2 is 2.09 bits per heavy atom. The van der Waals surface area contributed by atoms with Crippen LogP contribution in [0.5, 0.6) is 0 Å². The normalized spacial score (nSPS) is 13.7. The molecular formula is C17H27N3OS.